The van der Waals surface area contributed by atoms with E-state index in [2.05, 4.69) is 5.32 Å². The monoisotopic (exact) mass is 483 g/mol. The molecule has 0 saturated carbocycles. The van der Waals surface area contributed by atoms with Crippen LogP contribution in [0.5, 0.6) is 11.5 Å². The van der Waals surface area contributed by atoms with Crippen LogP contribution in [0.4, 0.5) is 0 Å². The smallest absolute Gasteiger partial charge is 0.257 e. The van der Waals surface area contributed by atoms with Gasteiger partial charge in [0.05, 0.1) is 10.4 Å². The number of nitrogens with one attached hydrogen (secondary N) is 1. The quantitative estimate of drug-likeness (QED) is 0.577. The van der Waals surface area contributed by atoms with Crippen LogP contribution in [-0.2, 0) is 23.1 Å². The Morgan fingerprint density at radius 2 is 1.82 bits per heavy atom. The zero-order valence-electron chi connectivity index (χ0n) is 18.7. The number of nitrogens with zero attached hydrogens (tertiary/aromatic N) is 2. The topological polar surface area (TPSA) is 107 Å². The molecular formula is C24H25N3O6S. The van der Waals surface area contributed by atoms with Gasteiger partial charge in [-0.3, -0.25) is 9.59 Å². The van der Waals surface area contributed by atoms with E-state index in [9.17, 15) is 18.0 Å². The first-order chi connectivity index (χ1) is 16.4. The van der Waals surface area contributed by atoms with Crippen molar-refractivity contribution in [2.45, 2.75) is 37.8 Å². The highest BCUT2D eigenvalue weighted by atomic mass is 32.2. The van der Waals surface area contributed by atoms with Crippen LogP contribution in [0.1, 0.15) is 35.7 Å². The van der Waals surface area contributed by atoms with E-state index in [1.165, 1.54) is 22.6 Å². The molecule has 3 aromatic rings. The number of fused-ring (bicyclic) bond motifs is 2. The van der Waals surface area contributed by atoms with Crippen LogP contribution in [0.15, 0.2) is 52.3 Å². The van der Waals surface area contributed by atoms with E-state index < -0.39 is 21.4 Å². The summed E-state index contributed by atoms with van der Waals surface area (Å²) in [5, 5.41) is 2.98. The molecule has 0 radical (unpaired) electrons. The molecule has 0 atom stereocenters. The molecule has 9 nitrogen and oxygen atoms in total. The number of sulfonamides is 1. The second-order valence-corrected chi connectivity index (χ2v) is 10.3. The molecule has 5 rings (SSSR count). The fourth-order valence-corrected chi connectivity index (χ4v) is 5.91. The van der Waals surface area contributed by atoms with Crippen LogP contribution in [0.25, 0.3) is 10.9 Å². The first kappa shape index (κ1) is 22.4. The van der Waals surface area contributed by atoms with Crippen molar-refractivity contribution in [1.82, 2.24) is 14.2 Å². The van der Waals surface area contributed by atoms with Crippen molar-refractivity contribution in [3.05, 3.63) is 63.9 Å². The predicted molar refractivity (Wildman–Crippen MR) is 126 cm³/mol. The third-order valence-electron chi connectivity index (χ3n) is 6.23. The summed E-state index contributed by atoms with van der Waals surface area (Å²) in [6, 6.07) is 9.92. The van der Waals surface area contributed by atoms with Crippen molar-refractivity contribution >= 4 is 26.8 Å². The molecule has 1 fully saturated rings. The third-order valence-corrected chi connectivity index (χ3v) is 8.12. The van der Waals surface area contributed by atoms with Gasteiger partial charge in [-0.25, -0.2) is 8.42 Å². The van der Waals surface area contributed by atoms with E-state index in [1.807, 2.05) is 13.0 Å². The molecule has 34 heavy (non-hydrogen) atoms. The molecule has 1 N–H and O–H groups in total. The van der Waals surface area contributed by atoms with Gasteiger partial charge in [0.2, 0.25) is 22.2 Å². The van der Waals surface area contributed by atoms with Crippen molar-refractivity contribution in [3.8, 4) is 11.5 Å². The van der Waals surface area contributed by atoms with E-state index in [1.54, 1.807) is 22.8 Å². The average molecular weight is 484 g/mol. The minimum absolute atomic E-state index is 0.0363. The highest BCUT2D eigenvalue weighted by Crippen LogP contribution is 2.32. The number of hydrogen-bond acceptors (Lipinski definition) is 6. The SMILES string of the molecule is CCn1cc(C(=O)NCc2ccc3c(c2)OCO3)c(=O)c2cc(S(=O)(=O)N3CCCC3)ccc21. The number of carbonyl (C=O) groups is 1. The van der Waals surface area contributed by atoms with Crippen molar-refractivity contribution in [3.63, 3.8) is 0 Å². The number of aryl methyl sites for hydroxylation is 1. The second kappa shape index (κ2) is 8.77. The predicted octanol–water partition coefficient (Wildman–Crippen LogP) is 2.46. The van der Waals surface area contributed by atoms with E-state index >= 15 is 0 Å². The number of aromatic nitrogens is 1. The van der Waals surface area contributed by atoms with Gasteiger partial charge in [-0.15, -0.1) is 0 Å². The van der Waals surface area contributed by atoms with E-state index in [4.69, 9.17) is 9.47 Å². The number of ether oxygens (including phenoxy) is 2. The zero-order chi connectivity index (χ0) is 23.9. The van der Waals surface area contributed by atoms with Crippen molar-refractivity contribution < 1.29 is 22.7 Å². The number of benzene rings is 2. The Kier molecular flexibility index (Phi) is 5.78. The third kappa shape index (κ3) is 3.92. The van der Waals surface area contributed by atoms with Gasteiger partial charge < -0.3 is 19.4 Å². The van der Waals surface area contributed by atoms with E-state index in [0.29, 0.717) is 36.6 Å². The summed E-state index contributed by atoms with van der Waals surface area (Å²) in [7, 11) is -3.69. The van der Waals surface area contributed by atoms with Gasteiger partial charge in [-0.2, -0.15) is 4.31 Å². The molecule has 2 aliphatic heterocycles. The lowest BCUT2D eigenvalue weighted by Gasteiger charge is -2.17. The Balaban J connectivity index is 1.47. The first-order valence-electron chi connectivity index (χ1n) is 11.2. The van der Waals surface area contributed by atoms with Gasteiger partial charge in [0.25, 0.3) is 5.91 Å². The molecule has 1 saturated heterocycles. The summed E-state index contributed by atoms with van der Waals surface area (Å²) in [6.07, 6.45) is 3.17. The highest BCUT2D eigenvalue weighted by Gasteiger charge is 2.28. The summed E-state index contributed by atoms with van der Waals surface area (Å²) >= 11 is 0. The van der Waals surface area contributed by atoms with Crippen LogP contribution in [0.3, 0.4) is 0 Å². The van der Waals surface area contributed by atoms with E-state index in [0.717, 1.165) is 18.4 Å². The molecule has 0 spiro atoms. The number of amides is 1. The summed E-state index contributed by atoms with van der Waals surface area (Å²) in [4.78, 5) is 26.3. The lowest BCUT2D eigenvalue weighted by atomic mass is 10.1. The molecule has 178 valence electrons. The van der Waals surface area contributed by atoms with Gasteiger partial charge >= 0.3 is 0 Å². The normalized spacial score (nSPS) is 15.7. The van der Waals surface area contributed by atoms with Crippen LogP contribution in [0.2, 0.25) is 0 Å². The van der Waals surface area contributed by atoms with Crippen LogP contribution in [-0.4, -0.2) is 43.1 Å². The van der Waals surface area contributed by atoms with Crippen LogP contribution in [0, 0.1) is 0 Å². The Morgan fingerprint density at radius 3 is 2.59 bits per heavy atom. The molecular weight excluding hydrogens is 458 g/mol. The Hall–Kier alpha value is -3.37. The van der Waals surface area contributed by atoms with E-state index in [-0.39, 0.29) is 29.2 Å². The molecule has 2 aliphatic rings. The van der Waals surface area contributed by atoms with Crippen molar-refractivity contribution in [2.24, 2.45) is 0 Å². The zero-order valence-corrected chi connectivity index (χ0v) is 19.6. The minimum Gasteiger partial charge on any atom is -0.454 e. The van der Waals surface area contributed by atoms with Gasteiger partial charge in [-0.1, -0.05) is 6.07 Å². The lowest BCUT2D eigenvalue weighted by molar-refractivity contribution is 0.0949. The summed E-state index contributed by atoms with van der Waals surface area (Å²) in [5.41, 5.74) is 0.848. The average Bonchev–Trinajstić information content (AvgIpc) is 3.55. The maximum absolute atomic E-state index is 13.3. The fourth-order valence-electron chi connectivity index (χ4n) is 4.37. The Morgan fingerprint density at radius 1 is 1.06 bits per heavy atom. The number of carbonyl (C=O) groups excluding carboxylic acids is 1. The standard InChI is InChI=1S/C24H25N3O6S/c1-2-26-14-19(24(29)25-13-16-5-8-21-22(11-16)33-15-32-21)23(28)18-12-17(6-7-20(18)26)34(30,31)27-9-3-4-10-27/h5-8,11-12,14H,2-4,9-10,13,15H2,1H3,(H,25,29). The molecule has 2 aromatic carbocycles. The fraction of sp³-hybridized carbons (Fsp3) is 0.333. The minimum atomic E-state index is -3.69. The summed E-state index contributed by atoms with van der Waals surface area (Å²) in [6.45, 7) is 3.71. The first-order valence-corrected chi connectivity index (χ1v) is 12.7. The van der Waals surface area contributed by atoms with Gasteiger partial charge in [0, 0.05) is 37.8 Å². The van der Waals surface area contributed by atoms with Crippen molar-refractivity contribution in [2.75, 3.05) is 19.9 Å². The number of hydrogen-bond donors (Lipinski definition) is 1. The molecule has 0 unspecified atom stereocenters. The second-order valence-electron chi connectivity index (χ2n) is 8.32. The largest absolute Gasteiger partial charge is 0.454 e. The molecule has 1 aromatic heterocycles. The Bertz CT molecular complexity index is 1440. The summed E-state index contributed by atoms with van der Waals surface area (Å²) in [5.74, 6) is 0.729. The number of pyridine rings is 1. The van der Waals surface area contributed by atoms with Gasteiger partial charge in [0.15, 0.2) is 11.5 Å². The van der Waals surface area contributed by atoms with Crippen LogP contribution < -0.4 is 20.2 Å². The Labute approximate surface area is 196 Å². The molecule has 0 aliphatic carbocycles. The van der Waals surface area contributed by atoms with Crippen LogP contribution >= 0.6 is 0 Å². The number of rotatable bonds is 6. The highest BCUT2D eigenvalue weighted by molar-refractivity contribution is 7.89. The lowest BCUT2D eigenvalue weighted by Crippen LogP contribution is -2.30. The summed E-state index contributed by atoms with van der Waals surface area (Å²) < 4.78 is 39.9. The maximum Gasteiger partial charge on any atom is 0.257 e. The molecule has 10 heteroatoms. The molecule has 1 amide bonds. The molecule has 3 heterocycles. The van der Waals surface area contributed by atoms with Gasteiger partial charge in [-0.05, 0) is 55.7 Å². The maximum atomic E-state index is 13.3. The van der Waals surface area contributed by atoms with Crippen molar-refractivity contribution in [1.29, 1.82) is 0 Å². The molecule has 0 bridgehead atoms. The van der Waals surface area contributed by atoms with Gasteiger partial charge in [0.1, 0.15) is 5.56 Å².